The van der Waals surface area contributed by atoms with E-state index in [9.17, 15) is 14.7 Å². The van der Waals surface area contributed by atoms with Crippen molar-refractivity contribution in [1.29, 1.82) is 0 Å². The van der Waals surface area contributed by atoms with Crippen molar-refractivity contribution in [3.05, 3.63) is 27.1 Å². The van der Waals surface area contributed by atoms with Gasteiger partial charge in [0, 0.05) is 12.6 Å². The first-order valence-corrected chi connectivity index (χ1v) is 7.73. The second-order valence-electron chi connectivity index (χ2n) is 5.22. The Morgan fingerprint density at radius 2 is 2.33 bits per heavy atom. The molecule has 0 aliphatic heterocycles. The molecule has 0 saturated heterocycles. The highest BCUT2D eigenvalue weighted by Gasteiger charge is 2.43. The lowest BCUT2D eigenvalue weighted by Crippen LogP contribution is -2.56. The van der Waals surface area contributed by atoms with E-state index in [1.807, 2.05) is 6.92 Å². The third-order valence-corrected chi connectivity index (χ3v) is 4.92. The zero-order valence-electron chi connectivity index (χ0n) is 11.6. The Labute approximate surface area is 124 Å². The van der Waals surface area contributed by atoms with E-state index in [1.165, 1.54) is 21.9 Å². The monoisotopic (exact) mass is 308 g/mol. The summed E-state index contributed by atoms with van der Waals surface area (Å²) < 4.78 is 1.29. The quantitative estimate of drug-likeness (QED) is 0.848. The van der Waals surface area contributed by atoms with Crippen LogP contribution < -0.4 is 10.9 Å². The van der Waals surface area contributed by atoms with Crippen LogP contribution in [0.15, 0.2) is 10.9 Å². The van der Waals surface area contributed by atoms with E-state index in [1.54, 1.807) is 0 Å². The number of nitrogens with one attached hydrogen (secondary N) is 1. The van der Waals surface area contributed by atoms with Gasteiger partial charge < -0.3 is 5.11 Å². The highest BCUT2D eigenvalue weighted by Crippen LogP contribution is 2.32. The zero-order chi connectivity index (χ0) is 15.0. The summed E-state index contributed by atoms with van der Waals surface area (Å²) in [5.41, 5.74) is -0.528. The Morgan fingerprint density at radius 1 is 1.57 bits per heavy atom. The van der Waals surface area contributed by atoms with Crippen molar-refractivity contribution >= 4 is 22.3 Å². The summed E-state index contributed by atoms with van der Waals surface area (Å²) >= 11 is 1.38. The average Bonchev–Trinajstić information content (AvgIpc) is 2.80. The number of aromatic nitrogens is 3. The van der Waals surface area contributed by atoms with Crippen LogP contribution >= 0.6 is 11.3 Å². The lowest BCUT2D eigenvalue weighted by Gasteiger charge is -2.38. The van der Waals surface area contributed by atoms with Gasteiger partial charge in [0.15, 0.2) is 0 Å². The van der Waals surface area contributed by atoms with Crippen molar-refractivity contribution in [3.8, 4) is 0 Å². The van der Waals surface area contributed by atoms with E-state index in [4.69, 9.17) is 0 Å². The number of hydrogen-bond donors (Lipinski definition) is 2. The zero-order valence-corrected chi connectivity index (χ0v) is 12.4. The normalized spacial score (nSPS) is 16.8. The predicted octanol–water partition coefficient (Wildman–Crippen LogP) is 0.810. The second kappa shape index (κ2) is 5.19. The van der Waals surface area contributed by atoms with Crippen molar-refractivity contribution < 1.29 is 9.90 Å². The molecule has 2 N–H and O–H groups in total. The molecular formula is C13H16N4O3S. The van der Waals surface area contributed by atoms with Crippen LogP contribution in [0.5, 0.6) is 0 Å². The number of aryl methyl sites for hydroxylation is 1. The van der Waals surface area contributed by atoms with E-state index in [0.29, 0.717) is 23.5 Å². The summed E-state index contributed by atoms with van der Waals surface area (Å²) in [5.74, 6) is -0.836. The summed E-state index contributed by atoms with van der Waals surface area (Å²) in [6.07, 6.45) is 2.89. The molecule has 0 unspecified atom stereocenters. The van der Waals surface area contributed by atoms with Crippen molar-refractivity contribution in [2.45, 2.75) is 44.7 Å². The van der Waals surface area contributed by atoms with E-state index in [0.717, 1.165) is 17.8 Å². The Bertz CT molecular complexity index is 747. The fraction of sp³-hybridized carbons (Fsp3) is 0.538. The minimum atomic E-state index is -0.852. The third-order valence-electron chi connectivity index (χ3n) is 3.87. The van der Waals surface area contributed by atoms with E-state index in [-0.39, 0.29) is 12.1 Å². The standard InChI is InChI=1S/C13H16N4O3S/c1-2-9-16-17-10(18)6-8(15-12(17)21-9)7-14-13(11(19)20)4-3-5-13/h6,14H,2-5,7H2,1H3,(H,19,20). The average molecular weight is 308 g/mol. The summed E-state index contributed by atoms with van der Waals surface area (Å²) in [7, 11) is 0. The van der Waals surface area contributed by atoms with Gasteiger partial charge in [0.2, 0.25) is 4.96 Å². The number of fused-ring (bicyclic) bond motifs is 1. The number of carboxylic acid groups (broad SMARTS) is 1. The van der Waals surface area contributed by atoms with Gasteiger partial charge in [-0.25, -0.2) is 4.98 Å². The van der Waals surface area contributed by atoms with Crippen LogP contribution in [0.25, 0.3) is 4.96 Å². The summed E-state index contributed by atoms with van der Waals surface area (Å²) in [5, 5.41) is 17.3. The molecule has 112 valence electrons. The van der Waals surface area contributed by atoms with Gasteiger partial charge in [-0.3, -0.25) is 14.9 Å². The molecule has 1 fully saturated rings. The fourth-order valence-electron chi connectivity index (χ4n) is 2.39. The molecule has 1 saturated carbocycles. The first-order chi connectivity index (χ1) is 10.0. The molecule has 21 heavy (non-hydrogen) atoms. The van der Waals surface area contributed by atoms with Crippen LogP contribution in [0.1, 0.15) is 36.9 Å². The summed E-state index contributed by atoms with van der Waals surface area (Å²) in [4.78, 5) is 28.2. The van der Waals surface area contributed by atoms with Crippen LogP contribution in [0.4, 0.5) is 0 Å². The maximum Gasteiger partial charge on any atom is 0.323 e. The third kappa shape index (κ3) is 2.44. The van der Waals surface area contributed by atoms with Crippen molar-refractivity contribution in [2.24, 2.45) is 0 Å². The molecule has 8 heteroatoms. The Morgan fingerprint density at radius 3 is 2.90 bits per heavy atom. The first-order valence-electron chi connectivity index (χ1n) is 6.91. The molecule has 1 aliphatic rings. The molecule has 1 aliphatic carbocycles. The molecule has 2 aromatic heterocycles. The van der Waals surface area contributed by atoms with Gasteiger partial charge in [-0.15, -0.1) is 0 Å². The SMILES string of the molecule is CCc1nn2c(=O)cc(CNC3(C(=O)O)CCC3)nc2s1. The topological polar surface area (TPSA) is 96.6 Å². The molecule has 7 nitrogen and oxygen atoms in total. The van der Waals surface area contributed by atoms with E-state index in [2.05, 4.69) is 15.4 Å². The number of hydrogen-bond acceptors (Lipinski definition) is 6. The smallest absolute Gasteiger partial charge is 0.323 e. The number of rotatable bonds is 5. The first kappa shape index (κ1) is 14.2. The van der Waals surface area contributed by atoms with Crippen LogP contribution in [0, 0.1) is 0 Å². The molecule has 0 amide bonds. The Kier molecular flexibility index (Phi) is 3.50. The summed E-state index contributed by atoms with van der Waals surface area (Å²) in [6.45, 7) is 2.25. The maximum atomic E-state index is 12.0. The minimum Gasteiger partial charge on any atom is -0.480 e. The van der Waals surface area contributed by atoms with Crippen LogP contribution in [-0.4, -0.2) is 31.2 Å². The van der Waals surface area contributed by atoms with Crippen LogP contribution in [0.3, 0.4) is 0 Å². The molecule has 0 radical (unpaired) electrons. The largest absolute Gasteiger partial charge is 0.480 e. The van der Waals surface area contributed by atoms with Gasteiger partial charge in [-0.05, 0) is 25.7 Å². The molecule has 0 atom stereocenters. The van der Waals surface area contributed by atoms with E-state index >= 15 is 0 Å². The number of aliphatic carboxylic acids is 1. The Balaban J connectivity index is 1.84. The van der Waals surface area contributed by atoms with Crippen molar-refractivity contribution in [3.63, 3.8) is 0 Å². The predicted molar refractivity (Wildman–Crippen MR) is 77.6 cm³/mol. The van der Waals surface area contributed by atoms with Crippen molar-refractivity contribution in [1.82, 2.24) is 19.9 Å². The Hall–Kier alpha value is -1.80. The number of nitrogens with zero attached hydrogens (tertiary/aromatic N) is 3. The van der Waals surface area contributed by atoms with Gasteiger partial charge in [0.05, 0.1) is 5.69 Å². The van der Waals surface area contributed by atoms with Gasteiger partial charge in [0.1, 0.15) is 10.5 Å². The maximum absolute atomic E-state index is 12.0. The van der Waals surface area contributed by atoms with E-state index < -0.39 is 11.5 Å². The van der Waals surface area contributed by atoms with Crippen LogP contribution in [-0.2, 0) is 17.8 Å². The number of carbonyl (C=O) groups is 1. The lowest BCUT2D eigenvalue weighted by molar-refractivity contribution is -0.148. The van der Waals surface area contributed by atoms with Gasteiger partial charge >= 0.3 is 5.97 Å². The fourth-order valence-corrected chi connectivity index (χ4v) is 3.24. The van der Waals surface area contributed by atoms with Gasteiger partial charge in [-0.1, -0.05) is 18.3 Å². The van der Waals surface area contributed by atoms with Gasteiger partial charge in [-0.2, -0.15) is 9.61 Å². The second-order valence-corrected chi connectivity index (χ2v) is 6.26. The van der Waals surface area contributed by atoms with Crippen molar-refractivity contribution in [2.75, 3.05) is 0 Å². The molecule has 2 heterocycles. The molecule has 0 bridgehead atoms. The molecule has 2 aromatic rings. The lowest BCUT2D eigenvalue weighted by atomic mass is 9.77. The summed E-state index contributed by atoms with van der Waals surface area (Å²) in [6, 6.07) is 1.41. The minimum absolute atomic E-state index is 0.231. The highest BCUT2D eigenvalue weighted by atomic mass is 32.1. The molecule has 3 rings (SSSR count). The van der Waals surface area contributed by atoms with Crippen LogP contribution in [0.2, 0.25) is 0 Å². The van der Waals surface area contributed by atoms with Gasteiger partial charge in [0.25, 0.3) is 5.56 Å². The molecule has 0 spiro atoms. The molecular weight excluding hydrogens is 292 g/mol. The number of carboxylic acids is 1. The highest BCUT2D eigenvalue weighted by molar-refractivity contribution is 7.16. The molecule has 0 aromatic carbocycles.